The number of esters is 1. The quantitative estimate of drug-likeness (QED) is 0.577. The molecule has 0 aliphatic heterocycles. The zero-order valence-electron chi connectivity index (χ0n) is 10.2. The Labute approximate surface area is 101 Å². The Hall–Kier alpha value is -1.51. The van der Waals surface area contributed by atoms with Gasteiger partial charge in [0.25, 0.3) is 0 Å². The van der Waals surface area contributed by atoms with Crippen molar-refractivity contribution in [3.05, 3.63) is 0 Å². The molecule has 0 aromatic heterocycles. The number of alkyl carbamates (subject to hydrolysis) is 1. The second-order valence-electron chi connectivity index (χ2n) is 4.33. The minimum absolute atomic E-state index is 0.635. The van der Waals surface area contributed by atoms with Gasteiger partial charge in [-0.3, -0.25) is 5.32 Å². The van der Waals surface area contributed by atoms with Gasteiger partial charge < -0.3 is 14.6 Å². The number of halogens is 3. The first kappa shape index (κ1) is 16.5. The summed E-state index contributed by atoms with van der Waals surface area (Å²) in [6.45, 7) is 4.20. The molecule has 18 heavy (non-hydrogen) atoms. The molecule has 0 saturated carbocycles. The number of rotatable bonds is 2. The van der Waals surface area contributed by atoms with Crippen LogP contribution in [0.2, 0.25) is 0 Å². The average molecular weight is 273 g/mol. The number of alkyl halides is 3. The molecule has 0 aliphatic rings. The number of methoxy groups -OCH3 is 1. The summed E-state index contributed by atoms with van der Waals surface area (Å²) in [5, 5.41) is 10.2. The molecule has 0 spiro atoms. The molecule has 0 rings (SSSR count). The van der Waals surface area contributed by atoms with Crippen molar-refractivity contribution in [3.63, 3.8) is 0 Å². The number of aliphatic hydroxyl groups is 1. The van der Waals surface area contributed by atoms with Crippen molar-refractivity contribution in [2.24, 2.45) is 0 Å². The first-order chi connectivity index (χ1) is 7.83. The Morgan fingerprint density at radius 1 is 1.17 bits per heavy atom. The van der Waals surface area contributed by atoms with Gasteiger partial charge in [0.15, 0.2) is 0 Å². The van der Waals surface area contributed by atoms with Crippen LogP contribution in [0.1, 0.15) is 20.8 Å². The third kappa shape index (κ3) is 4.06. The Balaban J connectivity index is 5.06. The van der Waals surface area contributed by atoms with Crippen molar-refractivity contribution in [2.75, 3.05) is 7.11 Å². The van der Waals surface area contributed by atoms with Crippen LogP contribution < -0.4 is 5.32 Å². The monoisotopic (exact) mass is 273 g/mol. The molecule has 6 nitrogen and oxygen atoms in total. The Kier molecular flexibility index (Phi) is 4.59. The molecule has 0 aliphatic carbocycles. The minimum atomic E-state index is -5.45. The highest BCUT2D eigenvalue weighted by Gasteiger charge is 2.62. The van der Waals surface area contributed by atoms with Gasteiger partial charge in [-0.1, -0.05) is 0 Å². The SMILES string of the molecule is COC(=O)C(O)(NC(=O)OC(C)(C)C)C(F)(F)F. The Morgan fingerprint density at radius 2 is 1.61 bits per heavy atom. The van der Waals surface area contributed by atoms with Crippen LogP contribution in [0.15, 0.2) is 0 Å². The molecule has 106 valence electrons. The van der Waals surface area contributed by atoms with Crippen LogP contribution in [0, 0.1) is 0 Å². The predicted octanol–water partition coefficient (Wildman–Crippen LogP) is 0.935. The van der Waals surface area contributed by atoms with Crippen molar-refractivity contribution in [3.8, 4) is 0 Å². The number of carbonyl (C=O) groups excluding carboxylic acids is 2. The molecule has 0 radical (unpaired) electrons. The van der Waals surface area contributed by atoms with Crippen molar-refractivity contribution >= 4 is 12.1 Å². The largest absolute Gasteiger partial charge is 0.465 e. The summed E-state index contributed by atoms with van der Waals surface area (Å²) in [7, 11) is 0.635. The van der Waals surface area contributed by atoms with Gasteiger partial charge >= 0.3 is 24.0 Å². The molecule has 0 bridgehead atoms. The van der Waals surface area contributed by atoms with E-state index in [1.165, 1.54) is 20.8 Å². The highest BCUT2D eigenvalue weighted by Crippen LogP contribution is 2.29. The number of amides is 1. The summed E-state index contributed by atoms with van der Waals surface area (Å²) in [6, 6.07) is 0. The highest BCUT2D eigenvalue weighted by atomic mass is 19.4. The van der Waals surface area contributed by atoms with Crippen molar-refractivity contribution in [1.82, 2.24) is 5.32 Å². The lowest BCUT2D eigenvalue weighted by Gasteiger charge is -2.29. The second-order valence-corrected chi connectivity index (χ2v) is 4.33. The van der Waals surface area contributed by atoms with Crippen LogP contribution in [0.3, 0.4) is 0 Å². The van der Waals surface area contributed by atoms with Crippen LogP contribution in [-0.2, 0) is 14.3 Å². The van der Waals surface area contributed by atoms with Gasteiger partial charge in [-0.15, -0.1) is 0 Å². The van der Waals surface area contributed by atoms with Crippen LogP contribution >= 0.6 is 0 Å². The van der Waals surface area contributed by atoms with Gasteiger partial charge in [0.1, 0.15) is 5.60 Å². The third-order valence-corrected chi connectivity index (χ3v) is 1.57. The zero-order chi connectivity index (χ0) is 14.8. The number of hydrogen-bond donors (Lipinski definition) is 2. The van der Waals surface area contributed by atoms with Crippen LogP contribution in [0.4, 0.5) is 18.0 Å². The van der Waals surface area contributed by atoms with E-state index >= 15 is 0 Å². The summed E-state index contributed by atoms with van der Waals surface area (Å²) in [6.07, 6.45) is -7.05. The second kappa shape index (κ2) is 5.01. The molecule has 0 aromatic rings. The van der Waals surface area contributed by atoms with Gasteiger partial charge in [0.2, 0.25) is 0 Å². The first-order valence-corrected chi connectivity index (χ1v) is 4.72. The maximum atomic E-state index is 12.5. The molecule has 1 unspecified atom stereocenters. The summed E-state index contributed by atoms with van der Waals surface area (Å²) >= 11 is 0. The molecule has 2 N–H and O–H groups in total. The van der Waals surface area contributed by atoms with E-state index in [9.17, 15) is 27.9 Å². The standard InChI is InChI=1S/C9H14F3NO5/c1-7(2,3)18-6(15)13-8(16,5(14)17-4)9(10,11)12/h16H,1-4H3,(H,13,15). The van der Waals surface area contributed by atoms with Crippen molar-refractivity contribution in [1.29, 1.82) is 0 Å². The molecule has 0 aromatic carbocycles. The van der Waals surface area contributed by atoms with Gasteiger partial charge in [0.05, 0.1) is 7.11 Å². The summed E-state index contributed by atoms with van der Waals surface area (Å²) in [5.74, 6) is -2.07. The number of ether oxygens (including phenoxy) is 2. The van der Waals surface area contributed by atoms with Crippen LogP contribution in [0.5, 0.6) is 0 Å². The number of nitrogens with one attached hydrogen (secondary N) is 1. The number of carbonyl (C=O) groups is 2. The molecule has 1 amide bonds. The van der Waals surface area contributed by atoms with Crippen molar-refractivity contribution < 1.29 is 37.3 Å². The van der Waals surface area contributed by atoms with E-state index in [0.717, 1.165) is 5.32 Å². The Bertz CT molecular complexity index is 336. The lowest BCUT2D eigenvalue weighted by Crippen LogP contribution is -2.65. The molecule has 0 saturated heterocycles. The van der Waals surface area contributed by atoms with Crippen molar-refractivity contribution in [2.45, 2.75) is 38.3 Å². The smallest absolute Gasteiger partial charge is 0.448 e. The molecule has 9 heteroatoms. The predicted molar refractivity (Wildman–Crippen MR) is 52.4 cm³/mol. The normalized spacial score (nSPS) is 15.6. The Morgan fingerprint density at radius 3 is 1.89 bits per heavy atom. The minimum Gasteiger partial charge on any atom is -0.465 e. The average Bonchev–Trinajstić information content (AvgIpc) is 2.11. The number of hydrogen-bond acceptors (Lipinski definition) is 5. The van der Waals surface area contributed by atoms with E-state index in [2.05, 4.69) is 9.47 Å². The lowest BCUT2D eigenvalue weighted by molar-refractivity contribution is -0.269. The maximum absolute atomic E-state index is 12.5. The molecule has 0 fully saturated rings. The van der Waals surface area contributed by atoms with E-state index in [4.69, 9.17) is 0 Å². The third-order valence-electron chi connectivity index (χ3n) is 1.57. The molecule has 0 heterocycles. The van der Waals surface area contributed by atoms with Crippen LogP contribution in [0.25, 0.3) is 0 Å². The first-order valence-electron chi connectivity index (χ1n) is 4.72. The fourth-order valence-electron chi connectivity index (χ4n) is 0.837. The van der Waals surface area contributed by atoms with Crippen LogP contribution in [-0.4, -0.2) is 41.8 Å². The van der Waals surface area contributed by atoms with E-state index in [1.54, 1.807) is 0 Å². The molecule has 1 atom stereocenters. The highest BCUT2D eigenvalue weighted by molar-refractivity contribution is 5.84. The van der Waals surface area contributed by atoms with E-state index in [0.29, 0.717) is 7.11 Å². The fraction of sp³-hybridized carbons (Fsp3) is 0.778. The lowest BCUT2D eigenvalue weighted by atomic mass is 10.2. The summed E-state index contributed by atoms with van der Waals surface area (Å²) in [4.78, 5) is 22.1. The zero-order valence-corrected chi connectivity index (χ0v) is 10.2. The van der Waals surface area contributed by atoms with Gasteiger partial charge in [-0.2, -0.15) is 13.2 Å². The van der Waals surface area contributed by atoms with Gasteiger partial charge in [-0.05, 0) is 20.8 Å². The topological polar surface area (TPSA) is 84.9 Å². The van der Waals surface area contributed by atoms with Gasteiger partial charge in [0, 0.05) is 0 Å². The van der Waals surface area contributed by atoms with Gasteiger partial charge in [-0.25, -0.2) is 9.59 Å². The van der Waals surface area contributed by atoms with E-state index in [-0.39, 0.29) is 0 Å². The summed E-state index contributed by atoms with van der Waals surface area (Å²) < 4.78 is 45.8. The maximum Gasteiger partial charge on any atom is 0.448 e. The fourth-order valence-corrected chi connectivity index (χ4v) is 0.837. The summed E-state index contributed by atoms with van der Waals surface area (Å²) in [5.41, 5.74) is -5.24. The molecular weight excluding hydrogens is 259 g/mol. The van der Waals surface area contributed by atoms with E-state index < -0.39 is 29.6 Å². The van der Waals surface area contributed by atoms with E-state index in [1.807, 2.05) is 0 Å². The molecular formula is C9H14F3NO5.